The standard InChI is InChI=1S/C8H7N3O4/c12-9-4-6-1-7(5-10-13)3-8(2-6)11(14)15/h1-5,12-13H. The van der Waals surface area contributed by atoms with E-state index < -0.39 is 4.92 Å². The van der Waals surface area contributed by atoms with Gasteiger partial charge in [-0.3, -0.25) is 10.1 Å². The van der Waals surface area contributed by atoms with Crippen molar-refractivity contribution in [1.29, 1.82) is 0 Å². The number of oxime groups is 2. The van der Waals surface area contributed by atoms with Gasteiger partial charge in [0.2, 0.25) is 0 Å². The second-order valence-corrected chi connectivity index (χ2v) is 2.60. The lowest BCUT2D eigenvalue weighted by molar-refractivity contribution is -0.384. The van der Waals surface area contributed by atoms with Crippen molar-refractivity contribution >= 4 is 18.1 Å². The molecule has 0 aliphatic rings. The van der Waals surface area contributed by atoms with E-state index in [-0.39, 0.29) is 5.69 Å². The largest absolute Gasteiger partial charge is 0.411 e. The van der Waals surface area contributed by atoms with Gasteiger partial charge >= 0.3 is 0 Å². The molecule has 1 rings (SSSR count). The monoisotopic (exact) mass is 209 g/mol. The zero-order chi connectivity index (χ0) is 11.3. The summed E-state index contributed by atoms with van der Waals surface area (Å²) in [6, 6.07) is 3.93. The van der Waals surface area contributed by atoms with Gasteiger partial charge < -0.3 is 10.4 Å². The van der Waals surface area contributed by atoms with Crippen molar-refractivity contribution in [1.82, 2.24) is 0 Å². The van der Waals surface area contributed by atoms with Gasteiger partial charge in [0.1, 0.15) is 0 Å². The molecule has 0 spiro atoms. The molecule has 0 amide bonds. The first kappa shape index (κ1) is 10.6. The van der Waals surface area contributed by atoms with Crippen LogP contribution in [0.1, 0.15) is 11.1 Å². The maximum absolute atomic E-state index is 10.5. The third kappa shape index (κ3) is 2.76. The number of non-ortho nitro benzene ring substituents is 1. The summed E-state index contributed by atoms with van der Waals surface area (Å²) < 4.78 is 0. The molecule has 1 aromatic carbocycles. The zero-order valence-electron chi connectivity index (χ0n) is 7.44. The van der Waals surface area contributed by atoms with Crippen LogP contribution < -0.4 is 0 Å². The Morgan fingerprint density at radius 3 is 1.93 bits per heavy atom. The molecule has 0 aromatic heterocycles. The molecule has 0 saturated heterocycles. The molecule has 7 nitrogen and oxygen atoms in total. The molecule has 0 bridgehead atoms. The molecule has 7 heteroatoms. The highest BCUT2D eigenvalue weighted by atomic mass is 16.6. The Labute approximate surface area is 84.1 Å². The predicted molar refractivity (Wildman–Crippen MR) is 51.9 cm³/mol. The van der Waals surface area contributed by atoms with Gasteiger partial charge in [-0.25, -0.2) is 0 Å². The Kier molecular flexibility index (Phi) is 3.33. The van der Waals surface area contributed by atoms with Crippen molar-refractivity contribution < 1.29 is 15.3 Å². The minimum absolute atomic E-state index is 0.178. The van der Waals surface area contributed by atoms with Crippen LogP contribution in [-0.4, -0.2) is 27.8 Å². The fourth-order valence-corrected chi connectivity index (χ4v) is 1.05. The fourth-order valence-electron chi connectivity index (χ4n) is 1.05. The number of rotatable bonds is 3. The van der Waals surface area contributed by atoms with Crippen molar-refractivity contribution in [3.8, 4) is 0 Å². The van der Waals surface area contributed by atoms with Gasteiger partial charge in [0, 0.05) is 23.3 Å². The van der Waals surface area contributed by atoms with E-state index in [0.29, 0.717) is 11.1 Å². The van der Waals surface area contributed by atoms with Crippen LogP contribution in [0.2, 0.25) is 0 Å². The van der Waals surface area contributed by atoms with E-state index in [1.807, 2.05) is 0 Å². The van der Waals surface area contributed by atoms with Gasteiger partial charge in [0.25, 0.3) is 5.69 Å². The summed E-state index contributed by atoms with van der Waals surface area (Å²) in [4.78, 5) is 9.91. The Hall–Kier alpha value is -2.44. The molecule has 0 fully saturated rings. The van der Waals surface area contributed by atoms with Crippen LogP contribution in [0.4, 0.5) is 5.69 Å². The second-order valence-electron chi connectivity index (χ2n) is 2.60. The quantitative estimate of drug-likeness (QED) is 0.337. The summed E-state index contributed by atoms with van der Waals surface area (Å²) in [5.41, 5.74) is 0.491. The summed E-state index contributed by atoms with van der Waals surface area (Å²) in [5, 5.41) is 32.6. The number of benzene rings is 1. The van der Waals surface area contributed by atoms with Gasteiger partial charge in [-0.2, -0.15) is 0 Å². The van der Waals surface area contributed by atoms with Crippen molar-refractivity contribution in [2.24, 2.45) is 10.3 Å². The highest BCUT2D eigenvalue weighted by Gasteiger charge is 2.07. The van der Waals surface area contributed by atoms with Gasteiger partial charge in [-0.05, 0) is 6.07 Å². The minimum Gasteiger partial charge on any atom is -0.411 e. The van der Waals surface area contributed by atoms with Gasteiger partial charge in [-0.1, -0.05) is 10.3 Å². The van der Waals surface area contributed by atoms with Crippen LogP contribution in [0.3, 0.4) is 0 Å². The maximum Gasteiger partial charge on any atom is 0.270 e. The Bertz CT molecular complexity index is 398. The first-order chi connectivity index (χ1) is 7.17. The molecule has 0 heterocycles. The maximum atomic E-state index is 10.5. The van der Waals surface area contributed by atoms with E-state index in [2.05, 4.69) is 10.3 Å². The first-order valence-corrected chi connectivity index (χ1v) is 3.81. The molecule has 0 atom stereocenters. The van der Waals surface area contributed by atoms with Crippen molar-refractivity contribution in [2.75, 3.05) is 0 Å². The summed E-state index contributed by atoms with van der Waals surface area (Å²) >= 11 is 0. The van der Waals surface area contributed by atoms with Crippen molar-refractivity contribution in [3.63, 3.8) is 0 Å². The Morgan fingerprint density at radius 1 is 1.13 bits per heavy atom. The lowest BCUT2D eigenvalue weighted by Gasteiger charge is -1.96. The zero-order valence-corrected chi connectivity index (χ0v) is 7.44. The van der Waals surface area contributed by atoms with Crippen LogP contribution >= 0.6 is 0 Å². The third-order valence-electron chi connectivity index (χ3n) is 1.59. The average molecular weight is 209 g/mol. The Balaban J connectivity index is 3.25. The normalized spacial score (nSPS) is 11.2. The molecule has 1 aromatic rings. The summed E-state index contributed by atoms with van der Waals surface area (Å²) in [6.45, 7) is 0. The van der Waals surface area contributed by atoms with E-state index >= 15 is 0 Å². The first-order valence-electron chi connectivity index (χ1n) is 3.81. The van der Waals surface area contributed by atoms with Crippen LogP contribution in [-0.2, 0) is 0 Å². The fraction of sp³-hybridized carbons (Fsp3) is 0. The summed E-state index contributed by atoms with van der Waals surface area (Å²) in [5.74, 6) is 0. The molecule has 0 aliphatic carbocycles. The molecule has 15 heavy (non-hydrogen) atoms. The SMILES string of the molecule is O=[N+]([O-])c1cc(C=NO)cc(C=NO)c1. The lowest BCUT2D eigenvalue weighted by Crippen LogP contribution is -1.93. The molecule has 0 saturated carbocycles. The summed E-state index contributed by atoms with van der Waals surface area (Å²) in [7, 11) is 0. The predicted octanol–water partition coefficient (Wildman–Crippen LogP) is 1.21. The highest BCUT2D eigenvalue weighted by molar-refractivity contribution is 5.87. The molecular weight excluding hydrogens is 202 g/mol. The topological polar surface area (TPSA) is 108 Å². The van der Waals surface area contributed by atoms with Crippen molar-refractivity contribution in [3.05, 3.63) is 39.4 Å². The third-order valence-corrected chi connectivity index (χ3v) is 1.59. The van der Waals surface area contributed by atoms with E-state index in [4.69, 9.17) is 10.4 Å². The van der Waals surface area contributed by atoms with Crippen LogP contribution in [0.15, 0.2) is 28.5 Å². The van der Waals surface area contributed by atoms with Crippen LogP contribution in [0.25, 0.3) is 0 Å². The molecule has 0 radical (unpaired) electrons. The molecule has 2 N–H and O–H groups in total. The van der Waals surface area contributed by atoms with E-state index in [9.17, 15) is 10.1 Å². The highest BCUT2D eigenvalue weighted by Crippen LogP contribution is 2.15. The number of hydrogen-bond acceptors (Lipinski definition) is 6. The lowest BCUT2D eigenvalue weighted by atomic mass is 10.1. The molecule has 0 unspecified atom stereocenters. The minimum atomic E-state index is -0.594. The van der Waals surface area contributed by atoms with E-state index in [1.165, 1.54) is 18.2 Å². The number of hydrogen-bond donors (Lipinski definition) is 2. The molecule has 78 valence electrons. The number of nitrogens with zero attached hydrogens (tertiary/aromatic N) is 3. The number of nitro groups is 1. The summed E-state index contributed by atoms with van der Waals surface area (Å²) in [6.07, 6.45) is 2.09. The van der Waals surface area contributed by atoms with Crippen molar-refractivity contribution in [2.45, 2.75) is 0 Å². The van der Waals surface area contributed by atoms with Crippen LogP contribution in [0, 0.1) is 10.1 Å². The van der Waals surface area contributed by atoms with E-state index in [1.54, 1.807) is 0 Å². The average Bonchev–Trinajstić information content (AvgIpc) is 2.18. The smallest absolute Gasteiger partial charge is 0.270 e. The number of nitro benzene ring substituents is 1. The van der Waals surface area contributed by atoms with Gasteiger partial charge in [0.05, 0.1) is 17.4 Å². The van der Waals surface area contributed by atoms with Gasteiger partial charge in [0.15, 0.2) is 0 Å². The van der Waals surface area contributed by atoms with E-state index in [0.717, 1.165) is 12.4 Å². The van der Waals surface area contributed by atoms with Crippen LogP contribution in [0.5, 0.6) is 0 Å². The van der Waals surface area contributed by atoms with Gasteiger partial charge in [-0.15, -0.1) is 0 Å². The second kappa shape index (κ2) is 4.70. The molecule has 0 aliphatic heterocycles. The molecular formula is C8H7N3O4. The Morgan fingerprint density at radius 2 is 1.60 bits per heavy atom.